The Hall–Kier alpha value is -4.12. The van der Waals surface area contributed by atoms with Gasteiger partial charge in [0.1, 0.15) is 0 Å². The van der Waals surface area contributed by atoms with Crippen LogP contribution in [0.15, 0.2) is 35.4 Å². The molecule has 1 aliphatic rings. The third kappa shape index (κ3) is 5.92. The Morgan fingerprint density at radius 1 is 0.917 bits per heavy atom. The molecule has 2 aromatic carbocycles. The van der Waals surface area contributed by atoms with Crippen molar-refractivity contribution in [3.63, 3.8) is 0 Å². The quantitative estimate of drug-likeness (QED) is 0.339. The number of nitrogens with zero attached hydrogens (tertiary/aromatic N) is 5. The summed E-state index contributed by atoms with van der Waals surface area (Å²) in [6, 6.07) is 9.78. The van der Waals surface area contributed by atoms with E-state index >= 15 is 0 Å². The molecule has 2 N–H and O–H groups in total. The molecule has 1 aromatic heterocycles. The molecule has 11 heteroatoms. The first-order valence-electron chi connectivity index (χ1n) is 11.5. The SMILES string of the molecule is COc1cc(/C=N\Nc2nc(Nc3cc(C)ccc3C)nc(N3CCOCC3)n2)cc(OC)c1OC. The molecular formula is C25H31N7O4. The molecule has 2 heterocycles. The van der Waals surface area contributed by atoms with Crippen LogP contribution < -0.4 is 29.9 Å². The van der Waals surface area contributed by atoms with E-state index in [2.05, 4.69) is 53.9 Å². The summed E-state index contributed by atoms with van der Waals surface area (Å²) in [7, 11) is 4.70. The molecule has 36 heavy (non-hydrogen) atoms. The van der Waals surface area contributed by atoms with Gasteiger partial charge in [-0.2, -0.15) is 20.1 Å². The largest absolute Gasteiger partial charge is 0.493 e. The molecule has 11 nitrogen and oxygen atoms in total. The van der Waals surface area contributed by atoms with E-state index in [-0.39, 0.29) is 0 Å². The lowest BCUT2D eigenvalue weighted by Crippen LogP contribution is -2.37. The first-order chi connectivity index (χ1) is 17.5. The third-order valence-electron chi connectivity index (χ3n) is 5.62. The number of aromatic nitrogens is 3. The van der Waals surface area contributed by atoms with Gasteiger partial charge in [0.25, 0.3) is 0 Å². The van der Waals surface area contributed by atoms with Crippen LogP contribution in [0.4, 0.5) is 23.5 Å². The molecule has 0 bridgehead atoms. The number of anilines is 4. The molecule has 190 valence electrons. The average molecular weight is 494 g/mol. The standard InChI is InChI=1S/C25H31N7O4/c1-16-6-7-17(2)19(12-16)27-23-28-24(30-25(29-23)32-8-10-36-11-9-32)31-26-15-18-13-20(33-3)22(35-5)21(14-18)34-4/h6-7,12-15H,8-11H2,1-5H3,(H2,27,28,29,30,31)/b26-15-. The van der Waals surface area contributed by atoms with Crippen LogP contribution in [0.5, 0.6) is 17.2 Å². The number of morpholine rings is 1. The number of aryl methyl sites for hydroxylation is 2. The molecule has 3 aromatic rings. The van der Waals surface area contributed by atoms with Gasteiger partial charge in [-0.15, -0.1) is 0 Å². The predicted octanol–water partition coefficient (Wildman–Crippen LogP) is 3.54. The van der Waals surface area contributed by atoms with Crippen molar-refractivity contribution >= 4 is 29.7 Å². The molecule has 1 fully saturated rings. The van der Waals surface area contributed by atoms with Gasteiger partial charge in [-0.3, -0.25) is 0 Å². The summed E-state index contributed by atoms with van der Waals surface area (Å²) in [5, 5.41) is 7.66. The van der Waals surface area contributed by atoms with Gasteiger partial charge in [0.15, 0.2) is 11.5 Å². The van der Waals surface area contributed by atoms with Gasteiger partial charge in [-0.25, -0.2) is 5.43 Å². The smallest absolute Gasteiger partial charge is 0.250 e. The minimum Gasteiger partial charge on any atom is -0.493 e. The highest BCUT2D eigenvalue weighted by Crippen LogP contribution is 2.37. The number of hydrogen-bond donors (Lipinski definition) is 2. The van der Waals surface area contributed by atoms with E-state index in [4.69, 9.17) is 18.9 Å². The van der Waals surface area contributed by atoms with Gasteiger partial charge in [0, 0.05) is 24.3 Å². The molecule has 0 saturated carbocycles. The highest BCUT2D eigenvalue weighted by molar-refractivity contribution is 5.83. The Kier molecular flexibility index (Phi) is 8.01. The van der Waals surface area contributed by atoms with E-state index < -0.39 is 0 Å². The molecule has 1 aliphatic heterocycles. The Morgan fingerprint density at radius 3 is 2.28 bits per heavy atom. The molecular weight excluding hydrogens is 462 g/mol. The Labute approximate surface area is 210 Å². The maximum atomic E-state index is 5.48. The summed E-state index contributed by atoms with van der Waals surface area (Å²) in [4.78, 5) is 15.8. The van der Waals surface area contributed by atoms with Crippen LogP contribution in [0.1, 0.15) is 16.7 Å². The second-order valence-corrected chi connectivity index (χ2v) is 8.15. The monoisotopic (exact) mass is 493 g/mol. The molecule has 4 rings (SSSR count). The van der Waals surface area contributed by atoms with Gasteiger partial charge in [0.05, 0.1) is 40.8 Å². The first kappa shape index (κ1) is 25.0. The number of ether oxygens (including phenoxy) is 4. The van der Waals surface area contributed by atoms with Crippen LogP contribution in [0.25, 0.3) is 0 Å². The van der Waals surface area contributed by atoms with Crippen molar-refractivity contribution in [3.05, 3.63) is 47.0 Å². The summed E-state index contributed by atoms with van der Waals surface area (Å²) >= 11 is 0. The zero-order valence-corrected chi connectivity index (χ0v) is 21.2. The average Bonchev–Trinajstić information content (AvgIpc) is 2.90. The normalized spacial score (nSPS) is 13.5. The minimum absolute atomic E-state index is 0.308. The summed E-state index contributed by atoms with van der Waals surface area (Å²) in [5.74, 6) is 2.86. The highest BCUT2D eigenvalue weighted by atomic mass is 16.5. The molecule has 0 aliphatic carbocycles. The number of nitrogens with one attached hydrogen (secondary N) is 2. The van der Waals surface area contributed by atoms with Crippen LogP contribution in [-0.2, 0) is 4.74 Å². The fraction of sp³-hybridized carbons (Fsp3) is 0.360. The van der Waals surface area contributed by atoms with Crippen LogP contribution in [0.2, 0.25) is 0 Å². The minimum atomic E-state index is 0.308. The number of benzene rings is 2. The van der Waals surface area contributed by atoms with Crippen molar-refractivity contribution < 1.29 is 18.9 Å². The lowest BCUT2D eigenvalue weighted by molar-refractivity contribution is 0.122. The van der Waals surface area contributed by atoms with E-state index in [1.165, 1.54) is 0 Å². The van der Waals surface area contributed by atoms with Gasteiger partial charge in [-0.05, 0) is 43.2 Å². The van der Waals surface area contributed by atoms with E-state index in [0.717, 1.165) is 22.4 Å². The van der Waals surface area contributed by atoms with Gasteiger partial charge < -0.3 is 29.2 Å². The fourth-order valence-electron chi connectivity index (χ4n) is 3.71. The van der Waals surface area contributed by atoms with Gasteiger partial charge in [-0.1, -0.05) is 12.1 Å². The topological polar surface area (TPSA) is 115 Å². The maximum absolute atomic E-state index is 5.48. The molecule has 1 saturated heterocycles. The molecule has 0 unspecified atom stereocenters. The molecule has 0 atom stereocenters. The number of rotatable bonds is 9. The lowest BCUT2D eigenvalue weighted by Gasteiger charge is -2.27. The number of hydrazone groups is 1. The maximum Gasteiger partial charge on any atom is 0.250 e. The van der Waals surface area contributed by atoms with Crippen molar-refractivity contribution in [1.82, 2.24) is 15.0 Å². The Balaban J connectivity index is 1.61. The van der Waals surface area contributed by atoms with Gasteiger partial charge >= 0.3 is 0 Å². The van der Waals surface area contributed by atoms with Gasteiger partial charge in [0.2, 0.25) is 23.6 Å². The zero-order valence-electron chi connectivity index (χ0n) is 21.2. The van der Waals surface area contributed by atoms with Crippen LogP contribution in [0.3, 0.4) is 0 Å². The van der Waals surface area contributed by atoms with Crippen LogP contribution in [-0.4, -0.2) is 68.8 Å². The third-order valence-corrected chi connectivity index (χ3v) is 5.62. The van der Waals surface area contributed by atoms with Crippen molar-refractivity contribution in [2.24, 2.45) is 5.10 Å². The first-order valence-corrected chi connectivity index (χ1v) is 11.5. The van der Waals surface area contributed by atoms with E-state index in [9.17, 15) is 0 Å². The van der Waals surface area contributed by atoms with E-state index in [1.54, 1.807) is 39.7 Å². The zero-order chi connectivity index (χ0) is 25.5. The summed E-state index contributed by atoms with van der Waals surface area (Å²) in [5.41, 5.74) is 6.82. The lowest BCUT2D eigenvalue weighted by atomic mass is 10.1. The second-order valence-electron chi connectivity index (χ2n) is 8.15. The van der Waals surface area contributed by atoms with Crippen LogP contribution >= 0.6 is 0 Å². The predicted molar refractivity (Wildman–Crippen MR) is 139 cm³/mol. The summed E-state index contributed by atoms with van der Waals surface area (Å²) in [6.07, 6.45) is 1.63. The molecule has 0 spiro atoms. The number of hydrogen-bond acceptors (Lipinski definition) is 11. The second kappa shape index (κ2) is 11.5. The van der Waals surface area contributed by atoms with Crippen molar-refractivity contribution in [3.8, 4) is 17.2 Å². The highest BCUT2D eigenvalue weighted by Gasteiger charge is 2.17. The van der Waals surface area contributed by atoms with Crippen molar-refractivity contribution in [1.29, 1.82) is 0 Å². The van der Waals surface area contributed by atoms with E-state index in [0.29, 0.717) is 61.4 Å². The van der Waals surface area contributed by atoms with Crippen molar-refractivity contribution in [2.75, 3.05) is 63.3 Å². The Bertz CT molecular complexity index is 1200. The number of methoxy groups -OCH3 is 3. The van der Waals surface area contributed by atoms with Crippen molar-refractivity contribution in [2.45, 2.75) is 13.8 Å². The van der Waals surface area contributed by atoms with E-state index in [1.807, 2.05) is 13.8 Å². The van der Waals surface area contributed by atoms with Crippen LogP contribution in [0, 0.1) is 13.8 Å². The fourth-order valence-corrected chi connectivity index (χ4v) is 3.71. The summed E-state index contributed by atoms with van der Waals surface area (Å²) < 4.78 is 21.7. The Morgan fingerprint density at radius 2 is 1.61 bits per heavy atom. The molecule has 0 amide bonds. The summed E-state index contributed by atoms with van der Waals surface area (Å²) in [6.45, 7) is 6.71. The molecule has 0 radical (unpaired) electrons.